The minimum Gasteiger partial charge on any atom is -0.285 e. The lowest BCUT2D eigenvalue weighted by Crippen LogP contribution is -2.24. The zero-order chi connectivity index (χ0) is 13.2. The monoisotopic (exact) mass is 269 g/mol. The molecule has 0 unspecified atom stereocenters. The third-order valence-corrected chi connectivity index (χ3v) is 4.00. The normalized spacial score (nSPS) is 11.7. The zero-order valence-corrected chi connectivity index (χ0v) is 10.5. The smallest absolute Gasteiger partial charge is 0.241 e. The second-order valence-corrected chi connectivity index (χ2v) is 5.58. The maximum Gasteiger partial charge on any atom is 0.241 e. The van der Waals surface area contributed by atoms with E-state index >= 15 is 0 Å². The van der Waals surface area contributed by atoms with Gasteiger partial charge in [-0.05, 0) is 24.6 Å². The third-order valence-electron chi connectivity index (χ3n) is 2.46. The number of halogens is 1. The summed E-state index contributed by atoms with van der Waals surface area (Å²) < 4.78 is 39.5. The molecular formula is C11H12FN3O2S. The number of benzene rings is 1. The molecule has 0 aliphatic carbocycles. The van der Waals surface area contributed by atoms with Gasteiger partial charge in [-0.1, -0.05) is 6.07 Å². The second-order valence-electron chi connectivity index (χ2n) is 3.84. The molecule has 0 fully saturated rings. The Kier molecular flexibility index (Phi) is 3.44. The van der Waals surface area contributed by atoms with E-state index in [0.29, 0.717) is 11.1 Å². The lowest BCUT2D eigenvalue weighted by atomic mass is 10.2. The molecule has 0 atom stereocenters. The number of hydrogen-bond acceptors (Lipinski definition) is 3. The summed E-state index contributed by atoms with van der Waals surface area (Å²) in [5.74, 6) is -0.579. The Morgan fingerprint density at radius 1 is 1.44 bits per heavy atom. The van der Waals surface area contributed by atoms with Crippen molar-refractivity contribution in [2.24, 2.45) is 0 Å². The summed E-state index contributed by atoms with van der Waals surface area (Å²) in [4.78, 5) is -0.0500. The van der Waals surface area contributed by atoms with E-state index in [0.717, 1.165) is 6.07 Å². The van der Waals surface area contributed by atoms with Crippen LogP contribution in [0.4, 0.5) is 4.39 Å². The van der Waals surface area contributed by atoms with Gasteiger partial charge >= 0.3 is 0 Å². The maximum atomic E-state index is 13.1. The molecule has 0 amide bonds. The average Bonchev–Trinajstić information content (AvgIpc) is 2.83. The number of hydrogen-bond donors (Lipinski definition) is 2. The molecule has 2 rings (SSSR count). The molecule has 0 saturated heterocycles. The predicted molar refractivity (Wildman–Crippen MR) is 63.8 cm³/mol. The molecule has 0 bridgehead atoms. The standard InChI is InChI=1S/C11H12FN3O2S/c1-8-2-3-10(12)4-11(8)18(16,17)15-7-9-5-13-14-6-9/h2-6,15H,7H2,1H3,(H,13,14). The zero-order valence-electron chi connectivity index (χ0n) is 9.64. The van der Waals surface area contributed by atoms with Gasteiger partial charge in [0.1, 0.15) is 5.82 Å². The van der Waals surface area contributed by atoms with Gasteiger partial charge in [-0.25, -0.2) is 17.5 Å². The van der Waals surface area contributed by atoms with Gasteiger partial charge in [-0.3, -0.25) is 5.10 Å². The van der Waals surface area contributed by atoms with E-state index < -0.39 is 15.8 Å². The summed E-state index contributed by atoms with van der Waals surface area (Å²) in [6.07, 6.45) is 3.10. The molecule has 5 nitrogen and oxygen atoms in total. The van der Waals surface area contributed by atoms with Gasteiger partial charge in [0, 0.05) is 18.3 Å². The topological polar surface area (TPSA) is 74.8 Å². The Balaban J connectivity index is 2.22. The predicted octanol–water partition coefficient (Wildman–Crippen LogP) is 1.34. The van der Waals surface area contributed by atoms with Gasteiger partial charge in [0.25, 0.3) is 0 Å². The largest absolute Gasteiger partial charge is 0.285 e. The Morgan fingerprint density at radius 2 is 2.22 bits per heavy atom. The van der Waals surface area contributed by atoms with E-state index in [1.165, 1.54) is 18.3 Å². The number of aromatic nitrogens is 2. The van der Waals surface area contributed by atoms with Gasteiger partial charge in [-0.15, -0.1) is 0 Å². The van der Waals surface area contributed by atoms with Crippen LogP contribution >= 0.6 is 0 Å². The van der Waals surface area contributed by atoms with E-state index in [2.05, 4.69) is 14.9 Å². The van der Waals surface area contributed by atoms with Crippen LogP contribution in [0.1, 0.15) is 11.1 Å². The van der Waals surface area contributed by atoms with Gasteiger partial charge < -0.3 is 0 Å². The fraction of sp³-hybridized carbons (Fsp3) is 0.182. The highest BCUT2D eigenvalue weighted by Gasteiger charge is 2.17. The first-order valence-corrected chi connectivity index (χ1v) is 6.71. The molecule has 18 heavy (non-hydrogen) atoms. The van der Waals surface area contributed by atoms with Crippen molar-refractivity contribution in [3.8, 4) is 0 Å². The summed E-state index contributed by atoms with van der Waals surface area (Å²) in [5.41, 5.74) is 1.20. The van der Waals surface area contributed by atoms with Crippen molar-refractivity contribution in [3.05, 3.63) is 47.5 Å². The minimum absolute atomic E-state index is 0.0500. The van der Waals surface area contributed by atoms with Gasteiger partial charge in [-0.2, -0.15) is 5.10 Å². The number of aryl methyl sites for hydroxylation is 1. The van der Waals surface area contributed by atoms with Crippen LogP contribution in [-0.2, 0) is 16.6 Å². The van der Waals surface area contributed by atoms with Crippen molar-refractivity contribution in [3.63, 3.8) is 0 Å². The Labute approximate surface area is 104 Å². The molecule has 1 aromatic heterocycles. The summed E-state index contributed by atoms with van der Waals surface area (Å²) in [6.45, 7) is 1.72. The number of sulfonamides is 1. The molecule has 0 radical (unpaired) electrons. The Bertz CT molecular complexity index is 638. The van der Waals surface area contributed by atoms with Gasteiger partial charge in [0.15, 0.2) is 0 Å². The summed E-state index contributed by atoms with van der Waals surface area (Å²) >= 11 is 0. The van der Waals surface area contributed by atoms with Crippen LogP contribution in [0.2, 0.25) is 0 Å². The lowest BCUT2D eigenvalue weighted by Gasteiger charge is -2.08. The van der Waals surface area contributed by atoms with Crippen molar-refractivity contribution < 1.29 is 12.8 Å². The molecular weight excluding hydrogens is 257 g/mol. The van der Waals surface area contributed by atoms with Crippen LogP contribution in [0.3, 0.4) is 0 Å². The number of H-pyrrole nitrogens is 1. The van der Waals surface area contributed by atoms with E-state index in [4.69, 9.17) is 0 Å². The van der Waals surface area contributed by atoms with Crippen LogP contribution in [0, 0.1) is 12.7 Å². The van der Waals surface area contributed by atoms with Crippen molar-refractivity contribution in [1.82, 2.24) is 14.9 Å². The summed E-state index contributed by atoms with van der Waals surface area (Å²) in [6, 6.07) is 3.67. The van der Waals surface area contributed by atoms with E-state index in [1.807, 2.05) is 0 Å². The van der Waals surface area contributed by atoms with E-state index in [-0.39, 0.29) is 11.4 Å². The minimum atomic E-state index is -3.72. The third kappa shape index (κ3) is 2.74. The van der Waals surface area contributed by atoms with Crippen LogP contribution < -0.4 is 4.72 Å². The van der Waals surface area contributed by atoms with Crippen molar-refractivity contribution >= 4 is 10.0 Å². The molecule has 2 N–H and O–H groups in total. The second kappa shape index (κ2) is 4.87. The molecule has 2 aromatic rings. The highest BCUT2D eigenvalue weighted by Crippen LogP contribution is 2.16. The number of nitrogens with one attached hydrogen (secondary N) is 2. The molecule has 0 spiro atoms. The first-order chi connectivity index (χ1) is 8.49. The van der Waals surface area contributed by atoms with Gasteiger partial charge in [0.2, 0.25) is 10.0 Å². The molecule has 7 heteroatoms. The van der Waals surface area contributed by atoms with Crippen LogP contribution in [0.25, 0.3) is 0 Å². The summed E-state index contributed by atoms with van der Waals surface area (Å²) in [5, 5.41) is 6.29. The van der Waals surface area contributed by atoms with Crippen LogP contribution in [0.15, 0.2) is 35.5 Å². The van der Waals surface area contributed by atoms with Crippen molar-refractivity contribution in [2.45, 2.75) is 18.4 Å². The van der Waals surface area contributed by atoms with E-state index in [9.17, 15) is 12.8 Å². The summed E-state index contributed by atoms with van der Waals surface area (Å²) in [7, 11) is -3.72. The first-order valence-electron chi connectivity index (χ1n) is 5.22. The molecule has 96 valence electrons. The number of nitrogens with zero attached hydrogens (tertiary/aromatic N) is 1. The SMILES string of the molecule is Cc1ccc(F)cc1S(=O)(=O)NCc1cn[nH]c1. The quantitative estimate of drug-likeness (QED) is 0.879. The Morgan fingerprint density at radius 3 is 2.89 bits per heavy atom. The van der Waals surface area contributed by atoms with Crippen molar-refractivity contribution in [2.75, 3.05) is 0 Å². The fourth-order valence-corrected chi connectivity index (χ4v) is 2.77. The molecule has 0 aliphatic rings. The average molecular weight is 269 g/mol. The Hall–Kier alpha value is -1.73. The van der Waals surface area contributed by atoms with Crippen molar-refractivity contribution in [1.29, 1.82) is 0 Å². The van der Waals surface area contributed by atoms with Crippen LogP contribution in [0.5, 0.6) is 0 Å². The van der Waals surface area contributed by atoms with Crippen LogP contribution in [-0.4, -0.2) is 18.6 Å². The van der Waals surface area contributed by atoms with Gasteiger partial charge in [0.05, 0.1) is 11.1 Å². The molecule has 0 saturated carbocycles. The molecule has 1 heterocycles. The molecule has 1 aromatic carbocycles. The number of aromatic amines is 1. The highest BCUT2D eigenvalue weighted by atomic mass is 32.2. The number of rotatable bonds is 4. The van der Waals surface area contributed by atoms with E-state index in [1.54, 1.807) is 13.1 Å². The fourth-order valence-electron chi connectivity index (χ4n) is 1.49. The first kappa shape index (κ1) is 12.7. The molecule has 0 aliphatic heterocycles. The maximum absolute atomic E-state index is 13.1. The highest BCUT2D eigenvalue weighted by molar-refractivity contribution is 7.89. The lowest BCUT2D eigenvalue weighted by molar-refractivity contribution is 0.576.